The average molecular weight is 1010 g/mol. The number of methoxy groups -OCH3 is 2. The smallest absolute Gasteiger partial charge is 0.316 e. The molecule has 402 valence electrons. The first-order valence-corrected chi connectivity index (χ1v) is 25.8. The number of ether oxygens (including phenoxy) is 12. The normalized spacial score (nSPS) is 50.7. The van der Waals surface area contributed by atoms with Crippen molar-refractivity contribution in [2.45, 2.75) is 228 Å². The van der Waals surface area contributed by atoms with Gasteiger partial charge in [-0.2, -0.15) is 0 Å². The molecule has 6 saturated heterocycles. The largest absolute Gasteiger partial charge is 0.462 e. The number of hydrogen-bond acceptors (Lipinski definition) is 19. The summed E-state index contributed by atoms with van der Waals surface area (Å²) in [5, 5.41) is 64.7. The van der Waals surface area contributed by atoms with Crippen LogP contribution in [0.25, 0.3) is 0 Å². The number of esters is 1. The molecule has 7 aliphatic heterocycles. The quantitative estimate of drug-likeness (QED) is 0.136. The molecule has 8 rings (SSSR count). The van der Waals surface area contributed by atoms with E-state index in [0.717, 1.165) is 18.4 Å². The SMILES string of the molecule is CC[C@H]1O[C@]2(CC[C@@H]1C)C[C@@H]1C[C@@H](C/C=C(\C)[C@@H](O[C@H]3C[C@H](OC)[C@@H](O[C@H]4C[C@H](OC)[C@@H](O[C@@H]5O[C@H](CO)[C@@H](O)[C@H](O)[C@H]5O)[C@H](C)O4)[C@H](C)O3)[C@@H](C)/C=C/C=C3\CO[C@@H]4[C@H](O)C(C)=C[C@@H](C(=O)O1)[C@]34O)O2. The van der Waals surface area contributed by atoms with Crippen molar-refractivity contribution < 1.29 is 92.3 Å². The summed E-state index contributed by atoms with van der Waals surface area (Å²) in [6.07, 6.45) is -2.53. The predicted molar refractivity (Wildman–Crippen MR) is 251 cm³/mol. The summed E-state index contributed by atoms with van der Waals surface area (Å²) < 4.78 is 76.2. The molecule has 8 aliphatic rings. The van der Waals surface area contributed by atoms with Crippen molar-refractivity contribution in [3.63, 3.8) is 0 Å². The van der Waals surface area contributed by atoms with Crippen LogP contribution >= 0.6 is 0 Å². The van der Waals surface area contributed by atoms with Crippen LogP contribution in [-0.4, -0.2) is 192 Å². The van der Waals surface area contributed by atoms with Crippen LogP contribution in [-0.2, 0) is 61.6 Å². The second-order valence-corrected chi connectivity index (χ2v) is 21.3. The lowest BCUT2D eigenvalue weighted by Crippen LogP contribution is -2.62. The number of aliphatic hydroxyl groups excluding tert-OH is 5. The van der Waals surface area contributed by atoms with E-state index < -0.39 is 134 Å². The third-order valence-corrected chi connectivity index (χ3v) is 16.3. The molecular weight excluding hydrogens is 929 g/mol. The number of carbonyl (C=O) groups is 1. The molecule has 0 aromatic carbocycles. The van der Waals surface area contributed by atoms with Crippen molar-refractivity contribution in [3.8, 4) is 0 Å². The van der Waals surface area contributed by atoms with Crippen molar-refractivity contribution in [1.82, 2.24) is 0 Å². The zero-order valence-electron chi connectivity index (χ0n) is 42.7. The molecule has 2 bridgehead atoms. The van der Waals surface area contributed by atoms with Gasteiger partial charge in [0.1, 0.15) is 66.5 Å². The molecule has 19 nitrogen and oxygen atoms in total. The van der Waals surface area contributed by atoms with Crippen LogP contribution in [0.15, 0.2) is 47.1 Å². The Morgan fingerprint density at radius 3 is 2.14 bits per heavy atom. The first-order chi connectivity index (χ1) is 33.8. The number of fused-ring (bicyclic) bond motifs is 2. The zero-order valence-corrected chi connectivity index (χ0v) is 42.7. The number of hydrogen-bond donors (Lipinski definition) is 6. The molecule has 1 aliphatic carbocycles. The van der Waals surface area contributed by atoms with Crippen LogP contribution < -0.4 is 0 Å². The minimum absolute atomic E-state index is 0.0104. The molecular formula is C52H80O19. The molecule has 19 heteroatoms. The Bertz CT molecular complexity index is 1940. The van der Waals surface area contributed by atoms with Gasteiger partial charge in [0.15, 0.2) is 24.7 Å². The molecule has 0 amide bonds. The summed E-state index contributed by atoms with van der Waals surface area (Å²) in [5.74, 6) is -2.55. The monoisotopic (exact) mass is 1010 g/mol. The maximum atomic E-state index is 14.3. The van der Waals surface area contributed by atoms with E-state index in [0.29, 0.717) is 49.2 Å². The van der Waals surface area contributed by atoms with Crippen molar-refractivity contribution >= 4 is 5.97 Å². The van der Waals surface area contributed by atoms with Crippen LogP contribution in [0.2, 0.25) is 0 Å². The second kappa shape index (κ2) is 22.9. The van der Waals surface area contributed by atoms with Gasteiger partial charge in [-0.1, -0.05) is 51.2 Å². The third-order valence-electron chi connectivity index (χ3n) is 16.3. The molecule has 0 aromatic heterocycles. The zero-order chi connectivity index (χ0) is 51.1. The van der Waals surface area contributed by atoms with E-state index in [1.54, 1.807) is 33.1 Å². The van der Waals surface area contributed by atoms with E-state index in [-0.39, 0.29) is 31.2 Å². The fourth-order valence-corrected chi connectivity index (χ4v) is 12.1. The van der Waals surface area contributed by atoms with E-state index in [4.69, 9.17) is 56.8 Å². The van der Waals surface area contributed by atoms with Gasteiger partial charge in [0.2, 0.25) is 0 Å². The van der Waals surface area contributed by atoms with E-state index in [1.807, 2.05) is 32.9 Å². The van der Waals surface area contributed by atoms with Gasteiger partial charge in [-0.25, -0.2) is 0 Å². The minimum Gasteiger partial charge on any atom is -0.462 e. The van der Waals surface area contributed by atoms with E-state index in [9.17, 15) is 35.4 Å². The second-order valence-electron chi connectivity index (χ2n) is 21.3. The van der Waals surface area contributed by atoms with E-state index >= 15 is 0 Å². The number of rotatable bonds is 10. The topological polar surface area (TPSA) is 249 Å². The Kier molecular flexibility index (Phi) is 17.8. The summed E-state index contributed by atoms with van der Waals surface area (Å²) in [4.78, 5) is 14.3. The molecule has 6 fully saturated rings. The number of carbonyl (C=O) groups excluding carboxylic acids is 1. The first kappa shape index (κ1) is 55.0. The Morgan fingerprint density at radius 1 is 0.803 bits per heavy atom. The Hall–Kier alpha value is -2.25. The molecule has 7 heterocycles. The van der Waals surface area contributed by atoms with Crippen LogP contribution in [0, 0.1) is 17.8 Å². The van der Waals surface area contributed by atoms with Gasteiger partial charge in [-0.15, -0.1) is 0 Å². The summed E-state index contributed by atoms with van der Waals surface area (Å²) in [5.41, 5.74) is 0.0570. The molecule has 0 saturated carbocycles. The highest BCUT2D eigenvalue weighted by molar-refractivity contribution is 5.78. The predicted octanol–water partition coefficient (Wildman–Crippen LogP) is 2.79. The van der Waals surface area contributed by atoms with Crippen LogP contribution in [0.4, 0.5) is 0 Å². The summed E-state index contributed by atoms with van der Waals surface area (Å²) in [7, 11) is 3.13. The molecule has 71 heavy (non-hydrogen) atoms. The van der Waals surface area contributed by atoms with Gasteiger partial charge >= 0.3 is 5.97 Å². The highest BCUT2D eigenvalue weighted by Crippen LogP contribution is 2.48. The van der Waals surface area contributed by atoms with Crippen LogP contribution in [0.1, 0.15) is 99.8 Å². The van der Waals surface area contributed by atoms with Crippen molar-refractivity contribution in [2.75, 3.05) is 27.4 Å². The first-order valence-electron chi connectivity index (χ1n) is 25.8. The van der Waals surface area contributed by atoms with Crippen molar-refractivity contribution in [3.05, 3.63) is 47.1 Å². The van der Waals surface area contributed by atoms with Gasteiger partial charge in [0, 0.05) is 52.2 Å². The number of allylic oxidation sites excluding steroid dienone is 2. The Morgan fingerprint density at radius 2 is 1.48 bits per heavy atom. The third kappa shape index (κ3) is 11.3. The van der Waals surface area contributed by atoms with Crippen LogP contribution in [0.5, 0.6) is 0 Å². The summed E-state index contributed by atoms with van der Waals surface area (Å²) in [6, 6.07) is 0. The maximum absolute atomic E-state index is 14.3. The number of aliphatic hydroxyl groups is 6. The van der Waals surface area contributed by atoms with Gasteiger partial charge < -0.3 is 87.5 Å². The molecule has 0 unspecified atom stereocenters. The fourth-order valence-electron chi connectivity index (χ4n) is 12.1. The lowest BCUT2D eigenvalue weighted by atomic mass is 9.71. The van der Waals surface area contributed by atoms with E-state index in [1.165, 1.54) is 7.11 Å². The Balaban J connectivity index is 1.00. The lowest BCUT2D eigenvalue weighted by Gasteiger charge is -2.50. The lowest BCUT2D eigenvalue weighted by molar-refractivity contribution is -0.353. The standard InChI is InChI=1S/C52H80O19/c1-10-35-25(2)16-17-51(71-35)22-33-19-32(70-51)15-14-27(4)45(26(3)12-11-13-31-24-62-48-41(54)28(5)18-34(49(58)65-33)52(31,48)59)67-39-20-36(60-8)46(29(6)63-39)68-40-21-37(61-9)47(30(7)64-40)69-50-44(57)43(56)42(55)38(23-53)66-50/h11-14,18,25-26,29-30,32-48,50,53-57,59H,10,15-17,19-24H2,1-9H3/b12-11+,27-14+,31-13+/t25-,26-,29-,30-,32+,33-,34-,35+,36-,37-,38+,39-,40-,41+,42+,43-,44+,45-,46-,47-,48+,50-,51+,52+/m0/s1. The van der Waals surface area contributed by atoms with Crippen molar-refractivity contribution in [2.24, 2.45) is 17.8 Å². The average Bonchev–Trinajstić information content (AvgIpc) is 3.68. The highest BCUT2D eigenvalue weighted by Gasteiger charge is 2.60. The maximum Gasteiger partial charge on any atom is 0.316 e. The molecule has 0 aromatic rings. The van der Waals surface area contributed by atoms with Crippen molar-refractivity contribution in [1.29, 1.82) is 0 Å². The minimum atomic E-state index is -1.85. The van der Waals surface area contributed by atoms with Gasteiger partial charge in [0.25, 0.3) is 0 Å². The molecule has 6 N–H and O–H groups in total. The van der Waals surface area contributed by atoms with Crippen LogP contribution in [0.3, 0.4) is 0 Å². The van der Waals surface area contributed by atoms with Gasteiger partial charge in [-0.05, 0) is 69.6 Å². The van der Waals surface area contributed by atoms with E-state index in [2.05, 4.69) is 19.9 Å². The van der Waals surface area contributed by atoms with Gasteiger partial charge in [-0.3, -0.25) is 4.79 Å². The summed E-state index contributed by atoms with van der Waals surface area (Å²) in [6.45, 7) is 13.2. The summed E-state index contributed by atoms with van der Waals surface area (Å²) >= 11 is 0. The molecule has 24 atom stereocenters. The van der Waals surface area contributed by atoms with Gasteiger partial charge in [0.05, 0.1) is 55.9 Å². The Labute approximate surface area is 417 Å². The highest BCUT2D eigenvalue weighted by atomic mass is 16.8. The molecule has 0 radical (unpaired) electrons. The molecule has 1 spiro atoms. The fraction of sp³-hybridized carbons (Fsp3) is 0.827.